The molecule has 2 atom stereocenters. The summed E-state index contributed by atoms with van der Waals surface area (Å²) in [6.45, 7) is 1.70. The van der Waals surface area contributed by atoms with E-state index in [2.05, 4.69) is 15.1 Å². The van der Waals surface area contributed by atoms with Crippen LogP contribution in [-0.4, -0.2) is 40.1 Å². The van der Waals surface area contributed by atoms with Crippen molar-refractivity contribution in [2.45, 2.75) is 37.8 Å². The predicted octanol–water partition coefficient (Wildman–Crippen LogP) is 1.63. The van der Waals surface area contributed by atoms with E-state index >= 15 is 0 Å². The largest absolute Gasteiger partial charge is 0.374 e. The quantitative estimate of drug-likeness (QED) is 0.774. The first-order valence-corrected chi connectivity index (χ1v) is 6.68. The highest BCUT2D eigenvalue weighted by atomic mass is 32.1. The van der Waals surface area contributed by atoms with E-state index < -0.39 is 0 Å². The molecule has 6 heteroatoms. The number of aromatic amines is 1. The lowest BCUT2D eigenvalue weighted by Gasteiger charge is -2.43. The third kappa shape index (κ3) is 1.89. The lowest BCUT2D eigenvalue weighted by molar-refractivity contribution is -0.00952. The number of rotatable bonds is 1. The normalized spacial score (nSPS) is 29.1. The maximum absolute atomic E-state index is 5.87. The number of H-pyrrole nitrogens is 1. The third-order valence-corrected chi connectivity index (χ3v) is 4.21. The van der Waals surface area contributed by atoms with E-state index in [9.17, 15) is 0 Å². The van der Waals surface area contributed by atoms with Gasteiger partial charge in [0.2, 0.25) is 5.95 Å². The minimum Gasteiger partial charge on any atom is -0.374 e. The molecule has 3 rings (SSSR count). The number of aromatic nitrogens is 3. The second kappa shape index (κ2) is 4.42. The van der Waals surface area contributed by atoms with Crippen LogP contribution in [0.15, 0.2) is 0 Å². The summed E-state index contributed by atoms with van der Waals surface area (Å²) in [5.41, 5.74) is 0. The fraction of sp³-hybridized carbons (Fsp3) is 0.818. The van der Waals surface area contributed by atoms with Gasteiger partial charge in [-0.3, -0.25) is 4.57 Å². The van der Waals surface area contributed by atoms with Gasteiger partial charge in [0.05, 0.1) is 18.8 Å². The SMILES string of the molecule is Cn1c(N2CCOC3CCCCC32)n[nH]c1=S. The van der Waals surface area contributed by atoms with Gasteiger partial charge in [0, 0.05) is 13.6 Å². The van der Waals surface area contributed by atoms with Gasteiger partial charge in [-0.1, -0.05) is 12.8 Å². The summed E-state index contributed by atoms with van der Waals surface area (Å²) in [4.78, 5) is 2.36. The van der Waals surface area contributed by atoms with Crippen molar-refractivity contribution >= 4 is 18.2 Å². The molecule has 2 heterocycles. The molecule has 0 radical (unpaired) electrons. The molecule has 0 amide bonds. The molecule has 1 saturated heterocycles. The van der Waals surface area contributed by atoms with Crippen molar-refractivity contribution in [1.29, 1.82) is 0 Å². The molecule has 0 spiro atoms. The van der Waals surface area contributed by atoms with Crippen LogP contribution in [0.5, 0.6) is 0 Å². The fourth-order valence-electron chi connectivity index (χ4n) is 2.94. The Balaban J connectivity index is 1.90. The smallest absolute Gasteiger partial charge is 0.225 e. The van der Waals surface area contributed by atoms with Crippen molar-refractivity contribution in [1.82, 2.24) is 14.8 Å². The van der Waals surface area contributed by atoms with Gasteiger partial charge < -0.3 is 9.64 Å². The number of ether oxygens (including phenoxy) is 1. The second-order valence-corrected chi connectivity index (χ2v) is 5.23. The molecule has 17 heavy (non-hydrogen) atoms. The Morgan fingerprint density at radius 3 is 3.00 bits per heavy atom. The fourth-order valence-corrected chi connectivity index (χ4v) is 3.07. The van der Waals surface area contributed by atoms with Crippen LogP contribution in [-0.2, 0) is 11.8 Å². The van der Waals surface area contributed by atoms with Crippen LogP contribution in [0, 0.1) is 4.77 Å². The van der Waals surface area contributed by atoms with Gasteiger partial charge in [-0.2, -0.15) is 0 Å². The Morgan fingerprint density at radius 1 is 1.41 bits per heavy atom. The first-order valence-electron chi connectivity index (χ1n) is 6.27. The molecule has 1 aromatic rings. The van der Waals surface area contributed by atoms with Crippen LogP contribution >= 0.6 is 12.2 Å². The molecular weight excluding hydrogens is 236 g/mol. The number of morpholine rings is 1. The molecule has 0 bridgehead atoms. The van der Waals surface area contributed by atoms with Crippen molar-refractivity contribution in [3.63, 3.8) is 0 Å². The summed E-state index contributed by atoms with van der Waals surface area (Å²) in [5.74, 6) is 0.954. The summed E-state index contributed by atoms with van der Waals surface area (Å²) >= 11 is 5.18. The van der Waals surface area contributed by atoms with Crippen molar-refractivity contribution in [3.05, 3.63) is 4.77 Å². The van der Waals surface area contributed by atoms with Crippen molar-refractivity contribution < 1.29 is 4.74 Å². The van der Waals surface area contributed by atoms with Gasteiger partial charge in [0.25, 0.3) is 0 Å². The standard InChI is InChI=1S/C11H18N4OS/c1-14-10(12-13-11(14)17)15-6-7-16-9-5-3-2-4-8(9)15/h8-9H,2-7H2,1H3,(H,13,17). The first-order chi connectivity index (χ1) is 8.27. The maximum Gasteiger partial charge on any atom is 0.225 e. The lowest BCUT2D eigenvalue weighted by atomic mass is 9.90. The van der Waals surface area contributed by atoms with E-state index in [0.29, 0.717) is 16.9 Å². The highest BCUT2D eigenvalue weighted by molar-refractivity contribution is 7.71. The summed E-state index contributed by atoms with van der Waals surface area (Å²) in [5, 5.41) is 7.21. The summed E-state index contributed by atoms with van der Waals surface area (Å²) < 4.78 is 8.50. The van der Waals surface area contributed by atoms with E-state index in [1.54, 1.807) is 0 Å². The summed E-state index contributed by atoms with van der Waals surface area (Å²) in [6, 6.07) is 0.474. The maximum atomic E-state index is 5.87. The van der Waals surface area contributed by atoms with Crippen LogP contribution in [0.25, 0.3) is 0 Å². The number of hydrogen-bond donors (Lipinski definition) is 1. The zero-order valence-corrected chi connectivity index (χ0v) is 10.9. The minimum atomic E-state index is 0.378. The van der Waals surface area contributed by atoms with Gasteiger partial charge in [-0.05, 0) is 25.1 Å². The van der Waals surface area contributed by atoms with Gasteiger partial charge in [-0.25, -0.2) is 5.10 Å². The Morgan fingerprint density at radius 2 is 2.24 bits per heavy atom. The molecule has 1 saturated carbocycles. The van der Waals surface area contributed by atoms with Gasteiger partial charge in [0.15, 0.2) is 4.77 Å². The molecule has 1 N–H and O–H groups in total. The molecule has 5 nitrogen and oxygen atoms in total. The van der Waals surface area contributed by atoms with E-state index in [1.807, 2.05) is 11.6 Å². The predicted molar refractivity (Wildman–Crippen MR) is 67.7 cm³/mol. The average molecular weight is 254 g/mol. The van der Waals surface area contributed by atoms with Crippen LogP contribution < -0.4 is 4.90 Å². The number of fused-ring (bicyclic) bond motifs is 1. The lowest BCUT2D eigenvalue weighted by Crippen LogP contribution is -2.53. The van der Waals surface area contributed by atoms with Gasteiger partial charge in [-0.15, -0.1) is 5.10 Å². The molecule has 1 aliphatic carbocycles. The van der Waals surface area contributed by atoms with Crippen molar-refractivity contribution in [3.8, 4) is 0 Å². The molecule has 2 fully saturated rings. The molecule has 2 unspecified atom stereocenters. The monoisotopic (exact) mass is 254 g/mol. The van der Waals surface area contributed by atoms with Gasteiger partial charge in [0.1, 0.15) is 0 Å². The van der Waals surface area contributed by atoms with E-state index in [-0.39, 0.29) is 0 Å². The molecule has 94 valence electrons. The van der Waals surface area contributed by atoms with Gasteiger partial charge >= 0.3 is 0 Å². The summed E-state index contributed by atoms with van der Waals surface area (Å²) in [6.07, 6.45) is 5.33. The van der Waals surface area contributed by atoms with Crippen LogP contribution in [0.3, 0.4) is 0 Å². The number of hydrogen-bond acceptors (Lipinski definition) is 4. The number of anilines is 1. The molecular formula is C11H18N4OS. The molecule has 0 aromatic carbocycles. The third-order valence-electron chi connectivity index (χ3n) is 3.85. The Labute approximate surface area is 106 Å². The zero-order valence-electron chi connectivity index (χ0n) is 10.1. The van der Waals surface area contributed by atoms with Crippen LogP contribution in [0.1, 0.15) is 25.7 Å². The molecule has 1 aromatic heterocycles. The zero-order chi connectivity index (χ0) is 11.8. The van der Waals surface area contributed by atoms with E-state index in [0.717, 1.165) is 19.1 Å². The van der Waals surface area contributed by atoms with Crippen LogP contribution in [0.4, 0.5) is 5.95 Å². The topological polar surface area (TPSA) is 46.1 Å². The highest BCUT2D eigenvalue weighted by Crippen LogP contribution is 2.30. The average Bonchev–Trinajstić information content (AvgIpc) is 2.69. The van der Waals surface area contributed by atoms with Crippen molar-refractivity contribution in [2.75, 3.05) is 18.1 Å². The highest BCUT2D eigenvalue weighted by Gasteiger charge is 2.35. The first kappa shape index (κ1) is 11.2. The Hall–Kier alpha value is -0.880. The van der Waals surface area contributed by atoms with Crippen molar-refractivity contribution in [2.24, 2.45) is 7.05 Å². The Bertz CT molecular complexity index is 453. The summed E-state index contributed by atoms with van der Waals surface area (Å²) in [7, 11) is 1.97. The van der Waals surface area contributed by atoms with Crippen LogP contribution in [0.2, 0.25) is 0 Å². The molecule has 2 aliphatic rings. The second-order valence-electron chi connectivity index (χ2n) is 4.84. The number of nitrogens with one attached hydrogen (secondary N) is 1. The van der Waals surface area contributed by atoms with E-state index in [1.165, 1.54) is 25.7 Å². The number of nitrogens with zero attached hydrogens (tertiary/aromatic N) is 3. The van der Waals surface area contributed by atoms with E-state index in [4.69, 9.17) is 17.0 Å². The minimum absolute atomic E-state index is 0.378. The molecule has 1 aliphatic heterocycles. The Kier molecular flexibility index (Phi) is 2.92.